The number of hydrogen-bond donors (Lipinski definition) is 0. The average molecular weight is 359 g/mol. The molecule has 0 bridgehead atoms. The van der Waals surface area contributed by atoms with Crippen molar-refractivity contribution in [2.45, 2.75) is 13.5 Å². The van der Waals surface area contributed by atoms with E-state index >= 15 is 0 Å². The van der Waals surface area contributed by atoms with Gasteiger partial charge < -0.3 is 14.0 Å². The SMILES string of the molecule is Cc1ccc(Cn2ccn3nc(-c4ccc5c(c4)OCO5)cc3c2=O)cc1. The normalized spacial score (nSPS) is 12.6. The van der Waals surface area contributed by atoms with E-state index in [4.69, 9.17) is 9.47 Å². The molecule has 6 nitrogen and oxygen atoms in total. The lowest BCUT2D eigenvalue weighted by molar-refractivity contribution is 0.174. The van der Waals surface area contributed by atoms with E-state index in [2.05, 4.69) is 17.2 Å². The summed E-state index contributed by atoms with van der Waals surface area (Å²) in [4.78, 5) is 12.9. The van der Waals surface area contributed by atoms with Gasteiger partial charge in [-0.15, -0.1) is 0 Å². The molecular formula is C21H17N3O3. The fourth-order valence-corrected chi connectivity index (χ4v) is 3.24. The van der Waals surface area contributed by atoms with Gasteiger partial charge in [0.1, 0.15) is 5.52 Å². The number of ether oxygens (including phenoxy) is 2. The van der Waals surface area contributed by atoms with Crippen molar-refractivity contribution in [3.63, 3.8) is 0 Å². The van der Waals surface area contributed by atoms with Crippen LogP contribution in [-0.4, -0.2) is 21.0 Å². The minimum Gasteiger partial charge on any atom is -0.454 e. The monoisotopic (exact) mass is 359 g/mol. The maximum Gasteiger partial charge on any atom is 0.276 e. The van der Waals surface area contributed by atoms with Crippen LogP contribution in [0, 0.1) is 6.92 Å². The summed E-state index contributed by atoms with van der Waals surface area (Å²) in [5, 5.41) is 4.54. The molecule has 0 amide bonds. The van der Waals surface area contributed by atoms with E-state index in [1.165, 1.54) is 5.56 Å². The number of benzene rings is 2. The molecule has 0 unspecified atom stereocenters. The molecule has 4 aromatic rings. The van der Waals surface area contributed by atoms with E-state index in [1.807, 2.05) is 43.3 Å². The van der Waals surface area contributed by atoms with Crippen molar-refractivity contribution >= 4 is 5.52 Å². The summed E-state index contributed by atoms with van der Waals surface area (Å²) in [5.41, 5.74) is 4.36. The maximum absolute atomic E-state index is 12.9. The second-order valence-electron chi connectivity index (χ2n) is 6.64. The molecule has 0 aliphatic carbocycles. The molecular weight excluding hydrogens is 342 g/mol. The van der Waals surface area contributed by atoms with Crippen LogP contribution in [0.2, 0.25) is 0 Å². The van der Waals surface area contributed by atoms with Gasteiger partial charge in [-0.05, 0) is 36.8 Å². The van der Waals surface area contributed by atoms with E-state index in [-0.39, 0.29) is 12.4 Å². The third kappa shape index (κ3) is 2.75. The number of aryl methyl sites for hydroxylation is 1. The Balaban J connectivity index is 1.53. The number of nitrogens with zero attached hydrogens (tertiary/aromatic N) is 3. The minimum absolute atomic E-state index is 0.0717. The zero-order chi connectivity index (χ0) is 18.4. The Morgan fingerprint density at radius 3 is 2.67 bits per heavy atom. The van der Waals surface area contributed by atoms with Gasteiger partial charge in [-0.1, -0.05) is 29.8 Å². The zero-order valence-electron chi connectivity index (χ0n) is 14.8. The highest BCUT2D eigenvalue weighted by atomic mass is 16.7. The Morgan fingerprint density at radius 1 is 1.00 bits per heavy atom. The van der Waals surface area contributed by atoms with Crippen LogP contribution >= 0.6 is 0 Å². The first-order valence-electron chi connectivity index (χ1n) is 8.72. The fourth-order valence-electron chi connectivity index (χ4n) is 3.24. The quantitative estimate of drug-likeness (QED) is 0.563. The van der Waals surface area contributed by atoms with Gasteiger partial charge in [-0.25, -0.2) is 4.52 Å². The molecule has 0 spiro atoms. The highest BCUT2D eigenvalue weighted by Crippen LogP contribution is 2.35. The van der Waals surface area contributed by atoms with Crippen LogP contribution in [0.1, 0.15) is 11.1 Å². The fraction of sp³-hybridized carbons (Fsp3) is 0.143. The largest absolute Gasteiger partial charge is 0.454 e. The van der Waals surface area contributed by atoms with E-state index in [0.29, 0.717) is 17.8 Å². The van der Waals surface area contributed by atoms with Gasteiger partial charge in [0.25, 0.3) is 5.56 Å². The molecule has 6 heteroatoms. The Kier molecular flexibility index (Phi) is 3.50. The molecule has 0 N–H and O–H groups in total. The van der Waals surface area contributed by atoms with Crippen molar-refractivity contribution in [1.29, 1.82) is 0 Å². The lowest BCUT2D eigenvalue weighted by Gasteiger charge is -2.06. The number of fused-ring (bicyclic) bond motifs is 2. The molecule has 1 aliphatic heterocycles. The van der Waals surface area contributed by atoms with Crippen LogP contribution in [0.25, 0.3) is 16.8 Å². The van der Waals surface area contributed by atoms with Gasteiger partial charge in [0, 0.05) is 18.0 Å². The van der Waals surface area contributed by atoms with Crippen molar-refractivity contribution in [3.8, 4) is 22.8 Å². The summed E-state index contributed by atoms with van der Waals surface area (Å²) >= 11 is 0. The zero-order valence-corrected chi connectivity index (χ0v) is 14.8. The predicted octanol–water partition coefficient (Wildman–Crippen LogP) is 3.25. The van der Waals surface area contributed by atoms with Gasteiger partial charge in [-0.2, -0.15) is 5.10 Å². The molecule has 2 aromatic carbocycles. The van der Waals surface area contributed by atoms with Crippen molar-refractivity contribution < 1.29 is 9.47 Å². The summed E-state index contributed by atoms with van der Waals surface area (Å²) < 4.78 is 14.1. The van der Waals surface area contributed by atoms with E-state index in [1.54, 1.807) is 21.5 Å². The summed E-state index contributed by atoms with van der Waals surface area (Å²) in [6, 6.07) is 15.7. The second-order valence-corrected chi connectivity index (χ2v) is 6.64. The van der Waals surface area contributed by atoms with Crippen molar-refractivity contribution in [3.05, 3.63) is 82.4 Å². The van der Waals surface area contributed by atoms with E-state index in [0.717, 1.165) is 22.6 Å². The Labute approximate surface area is 155 Å². The Morgan fingerprint density at radius 2 is 1.81 bits per heavy atom. The predicted molar refractivity (Wildman–Crippen MR) is 101 cm³/mol. The number of rotatable bonds is 3. The van der Waals surface area contributed by atoms with Crippen LogP contribution < -0.4 is 15.0 Å². The summed E-state index contributed by atoms with van der Waals surface area (Å²) in [7, 11) is 0. The first-order chi connectivity index (χ1) is 13.2. The second kappa shape index (κ2) is 6.02. The standard InChI is InChI=1S/C21H17N3O3/c1-14-2-4-15(5-3-14)12-23-8-9-24-18(21(23)25)11-17(22-24)16-6-7-19-20(10-16)27-13-26-19/h2-11H,12-13H2,1H3. The summed E-state index contributed by atoms with van der Waals surface area (Å²) in [6.07, 6.45) is 3.58. The van der Waals surface area contributed by atoms with E-state index in [9.17, 15) is 4.79 Å². The lowest BCUT2D eigenvalue weighted by atomic mass is 10.1. The molecule has 2 aromatic heterocycles. The summed E-state index contributed by atoms with van der Waals surface area (Å²) in [6.45, 7) is 2.81. The van der Waals surface area contributed by atoms with Crippen LogP contribution in [0.15, 0.2) is 65.7 Å². The molecule has 0 fully saturated rings. The average Bonchev–Trinajstić information content (AvgIpc) is 3.32. The lowest BCUT2D eigenvalue weighted by Crippen LogP contribution is -2.21. The number of aromatic nitrogens is 3. The van der Waals surface area contributed by atoms with Gasteiger partial charge in [0.15, 0.2) is 11.5 Å². The molecule has 0 atom stereocenters. The van der Waals surface area contributed by atoms with Crippen molar-refractivity contribution in [2.24, 2.45) is 0 Å². The molecule has 0 saturated heterocycles. The maximum atomic E-state index is 12.9. The third-order valence-electron chi connectivity index (χ3n) is 4.75. The van der Waals surface area contributed by atoms with Crippen LogP contribution in [-0.2, 0) is 6.54 Å². The molecule has 0 saturated carbocycles. The third-order valence-corrected chi connectivity index (χ3v) is 4.75. The molecule has 134 valence electrons. The molecule has 27 heavy (non-hydrogen) atoms. The Hall–Kier alpha value is -3.54. The highest BCUT2D eigenvalue weighted by Gasteiger charge is 2.16. The van der Waals surface area contributed by atoms with Crippen LogP contribution in [0.4, 0.5) is 0 Å². The van der Waals surface area contributed by atoms with E-state index < -0.39 is 0 Å². The van der Waals surface area contributed by atoms with Gasteiger partial charge in [0.2, 0.25) is 6.79 Å². The van der Waals surface area contributed by atoms with Gasteiger partial charge in [-0.3, -0.25) is 4.79 Å². The van der Waals surface area contributed by atoms with Crippen molar-refractivity contribution in [1.82, 2.24) is 14.2 Å². The molecule has 1 aliphatic rings. The first-order valence-corrected chi connectivity index (χ1v) is 8.72. The summed E-state index contributed by atoms with van der Waals surface area (Å²) in [5.74, 6) is 1.42. The molecule has 3 heterocycles. The minimum atomic E-state index is -0.0717. The number of hydrogen-bond acceptors (Lipinski definition) is 4. The van der Waals surface area contributed by atoms with Gasteiger partial charge >= 0.3 is 0 Å². The smallest absolute Gasteiger partial charge is 0.276 e. The first kappa shape index (κ1) is 15.7. The van der Waals surface area contributed by atoms with Crippen molar-refractivity contribution in [2.75, 3.05) is 6.79 Å². The highest BCUT2D eigenvalue weighted by molar-refractivity contribution is 5.68. The Bertz CT molecular complexity index is 1210. The van der Waals surface area contributed by atoms with Crippen LogP contribution in [0.5, 0.6) is 11.5 Å². The van der Waals surface area contributed by atoms with Crippen LogP contribution in [0.3, 0.4) is 0 Å². The topological polar surface area (TPSA) is 57.8 Å². The molecule has 5 rings (SSSR count). The molecule has 0 radical (unpaired) electrons. The van der Waals surface area contributed by atoms with Gasteiger partial charge in [0.05, 0.1) is 12.2 Å².